The predicted octanol–water partition coefficient (Wildman–Crippen LogP) is 2.97. The second kappa shape index (κ2) is 6.38. The molecule has 2 atom stereocenters. The third kappa shape index (κ3) is 2.54. The minimum Gasteiger partial charge on any atom is -0.622 e. The molecular formula is C19H22N2O4. The molecule has 1 heterocycles. The lowest BCUT2D eigenvalue weighted by Gasteiger charge is -2.30. The van der Waals surface area contributed by atoms with Gasteiger partial charge in [-0.3, -0.25) is 0 Å². The number of nitrogens with zero attached hydrogens (tertiary/aromatic N) is 2. The summed E-state index contributed by atoms with van der Waals surface area (Å²) >= 11 is 0. The maximum atomic E-state index is 13.2. The molecule has 0 aliphatic carbocycles. The monoisotopic (exact) mass is 342 g/mol. The Balaban J connectivity index is 2.16. The lowest BCUT2D eigenvalue weighted by molar-refractivity contribution is -0.595. The molecule has 3 rings (SSSR count). The number of hydrogen-bond donors (Lipinski definition) is 1. The minimum atomic E-state index is -1.27. The second-order valence-corrected chi connectivity index (χ2v) is 6.16. The summed E-state index contributed by atoms with van der Waals surface area (Å²) in [5.74, 6) is 1.07. The van der Waals surface area contributed by atoms with Crippen LogP contribution in [0, 0.1) is 5.21 Å². The molecule has 1 aliphatic rings. The largest absolute Gasteiger partial charge is 0.622 e. The van der Waals surface area contributed by atoms with Crippen molar-refractivity contribution in [2.45, 2.75) is 25.6 Å². The highest BCUT2D eigenvalue weighted by atomic mass is 16.6. The molecule has 0 saturated heterocycles. The Morgan fingerprint density at radius 1 is 1.08 bits per heavy atom. The SMILES string of the molecule is COc1ccc([C@]2(C)N(O)[C@@H](C)C(c3ccccc3)=[N+]2[O-])cc1OC. The second-order valence-electron chi connectivity index (χ2n) is 6.16. The Hall–Kier alpha value is -2.57. The quantitative estimate of drug-likeness (QED) is 0.683. The summed E-state index contributed by atoms with van der Waals surface area (Å²) in [7, 11) is 3.09. The molecule has 0 radical (unpaired) electrons. The van der Waals surface area contributed by atoms with Gasteiger partial charge in [-0.15, -0.1) is 5.06 Å². The van der Waals surface area contributed by atoms with Crippen LogP contribution in [0.15, 0.2) is 48.5 Å². The Morgan fingerprint density at radius 2 is 1.72 bits per heavy atom. The summed E-state index contributed by atoms with van der Waals surface area (Å²) in [6.07, 6.45) is 0. The van der Waals surface area contributed by atoms with Gasteiger partial charge in [0.05, 0.1) is 14.2 Å². The van der Waals surface area contributed by atoms with Crippen LogP contribution in [0.4, 0.5) is 0 Å². The average molecular weight is 342 g/mol. The van der Waals surface area contributed by atoms with Crippen molar-refractivity contribution in [1.82, 2.24) is 5.06 Å². The van der Waals surface area contributed by atoms with Gasteiger partial charge in [0, 0.05) is 18.1 Å². The molecule has 0 aromatic heterocycles. The summed E-state index contributed by atoms with van der Waals surface area (Å²) < 4.78 is 11.5. The first-order chi connectivity index (χ1) is 11.9. The molecule has 25 heavy (non-hydrogen) atoms. The Labute approximate surface area is 147 Å². The third-order valence-electron chi connectivity index (χ3n) is 4.82. The van der Waals surface area contributed by atoms with Crippen LogP contribution in [0.3, 0.4) is 0 Å². The van der Waals surface area contributed by atoms with Gasteiger partial charge in [-0.25, -0.2) is 0 Å². The van der Waals surface area contributed by atoms with Gasteiger partial charge in [0.1, 0.15) is 6.04 Å². The molecule has 1 N–H and O–H groups in total. The van der Waals surface area contributed by atoms with Crippen LogP contribution in [-0.4, -0.2) is 41.0 Å². The average Bonchev–Trinajstić information content (AvgIpc) is 2.83. The van der Waals surface area contributed by atoms with E-state index in [4.69, 9.17) is 9.47 Å². The van der Waals surface area contributed by atoms with Gasteiger partial charge in [0.25, 0.3) is 5.66 Å². The summed E-state index contributed by atoms with van der Waals surface area (Å²) in [5, 5.41) is 25.1. The lowest BCUT2D eigenvalue weighted by Crippen LogP contribution is -2.45. The Kier molecular flexibility index (Phi) is 4.41. The first-order valence-electron chi connectivity index (χ1n) is 8.05. The number of methoxy groups -OCH3 is 2. The maximum Gasteiger partial charge on any atom is 0.274 e. The number of hydrogen-bond acceptors (Lipinski definition) is 5. The first-order valence-corrected chi connectivity index (χ1v) is 8.05. The van der Waals surface area contributed by atoms with Crippen molar-refractivity contribution in [3.63, 3.8) is 0 Å². The van der Waals surface area contributed by atoms with E-state index < -0.39 is 11.7 Å². The maximum absolute atomic E-state index is 13.2. The van der Waals surface area contributed by atoms with Crippen LogP contribution in [0.1, 0.15) is 25.0 Å². The summed E-state index contributed by atoms with van der Waals surface area (Å²) in [6, 6.07) is 14.1. The fourth-order valence-corrected chi connectivity index (χ4v) is 3.34. The molecule has 0 bridgehead atoms. The van der Waals surface area contributed by atoms with Gasteiger partial charge >= 0.3 is 0 Å². The molecule has 0 amide bonds. The Bertz CT molecular complexity index is 806. The molecule has 132 valence electrons. The highest BCUT2D eigenvalue weighted by molar-refractivity contribution is 6.01. The fourth-order valence-electron chi connectivity index (χ4n) is 3.34. The minimum absolute atomic E-state index is 0.460. The number of ether oxygens (including phenoxy) is 2. The van der Waals surface area contributed by atoms with Gasteiger partial charge in [0.15, 0.2) is 11.5 Å². The zero-order valence-electron chi connectivity index (χ0n) is 14.8. The van der Waals surface area contributed by atoms with E-state index >= 15 is 0 Å². The molecule has 2 aromatic carbocycles. The predicted molar refractivity (Wildman–Crippen MR) is 94.2 cm³/mol. The van der Waals surface area contributed by atoms with Crippen molar-refractivity contribution in [1.29, 1.82) is 0 Å². The summed E-state index contributed by atoms with van der Waals surface area (Å²) in [5.41, 5.74) is 0.638. The van der Waals surface area contributed by atoms with E-state index in [9.17, 15) is 10.4 Å². The highest BCUT2D eigenvalue weighted by Crippen LogP contribution is 2.39. The van der Waals surface area contributed by atoms with Crippen LogP contribution in [0.5, 0.6) is 11.5 Å². The van der Waals surface area contributed by atoms with Crippen molar-refractivity contribution < 1.29 is 19.4 Å². The summed E-state index contributed by atoms with van der Waals surface area (Å²) in [4.78, 5) is 0. The molecule has 6 heteroatoms. The van der Waals surface area contributed by atoms with Crippen molar-refractivity contribution in [3.05, 3.63) is 64.9 Å². The van der Waals surface area contributed by atoms with E-state index in [1.807, 2.05) is 30.3 Å². The fraction of sp³-hybridized carbons (Fsp3) is 0.316. The van der Waals surface area contributed by atoms with Gasteiger partial charge in [-0.05, 0) is 37.3 Å². The van der Waals surface area contributed by atoms with Crippen LogP contribution in [0.25, 0.3) is 0 Å². The lowest BCUT2D eigenvalue weighted by atomic mass is 10.0. The molecule has 6 nitrogen and oxygen atoms in total. The first kappa shape index (κ1) is 17.3. The van der Waals surface area contributed by atoms with Crippen LogP contribution in [0.2, 0.25) is 0 Å². The summed E-state index contributed by atoms with van der Waals surface area (Å²) in [6.45, 7) is 3.49. The van der Waals surface area contributed by atoms with Crippen molar-refractivity contribution >= 4 is 5.71 Å². The molecule has 0 spiro atoms. The van der Waals surface area contributed by atoms with E-state index in [1.54, 1.807) is 39.2 Å². The third-order valence-corrected chi connectivity index (χ3v) is 4.82. The van der Waals surface area contributed by atoms with Crippen LogP contribution >= 0.6 is 0 Å². The van der Waals surface area contributed by atoms with Crippen LogP contribution in [-0.2, 0) is 5.66 Å². The number of benzene rings is 2. The van der Waals surface area contributed by atoms with Crippen molar-refractivity contribution in [2.75, 3.05) is 14.2 Å². The Morgan fingerprint density at radius 3 is 2.32 bits per heavy atom. The number of rotatable bonds is 4. The van der Waals surface area contributed by atoms with E-state index in [1.165, 1.54) is 7.11 Å². The normalized spacial score (nSPS) is 23.8. The van der Waals surface area contributed by atoms with Crippen molar-refractivity contribution in [3.8, 4) is 11.5 Å². The van der Waals surface area contributed by atoms with Crippen LogP contribution < -0.4 is 9.47 Å². The van der Waals surface area contributed by atoms with Crippen molar-refractivity contribution in [2.24, 2.45) is 0 Å². The topological polar surface area (TPSA) is 68.0 Å². The van der Waals surface area contributed by atoms with E-state index in [2.05, 4.69) is 0 Å². The van der Waals surface area contributed by atoms with Gasteiger partial charge in [0.2, 0.25) is 5.71 Å². The molecular weight excluding hydrogens is 320 g/mol. The zero-order valence-corrected chi connectivity index (χ0v) is 14.8. The number of hydroxylamine groups is 3. The molecule has 0 saturated carbocycles. The van der Waals surface area contributed by atoms with E-state index in [0.717, 1.165) is 15.4 Å². The van der Waals surface area contributed by atoms with E-state index in [0.29, 0.717) is 22.8 Å². The molecule has 1 aliphatic heterocycles. The molecule has 0 fully saturated rings. The standard InChI is InChI=1S/C19H22N2O4/c1-13-18(14-8-6-5-7-9-14)21(23)19(2,20(13)22)15-10-11-16(24-3)17(12-15)25-4/h5-13,22H,1-4H3/t13-,19+/m0/s1. The zero-order chi connectivity index (χ0) is 18.2. The van der Waals surface area contributed by atoms with Gasteiger partial charge < -0.3 is 19.9 Å². The van der Waals surface area contributed by atoms with E-state index in [-0.39, 0.29) is 0 Å². The van der Waals surface area contributed by atoms with Gasteiger partial charge in [-0.2, -0.15) is 4.74 Å². The van der Waals surface area contributed by atoms with Gasteiger partial charge in [-0.1, -0.05) is 18.2 Å². The highest BCUT2D eigenvalue weighted by Gasteiger charge is 2.54. The smallest absolute Gasteiger partial charge is 0.274 e. The molecule has 0 unspecified atom stereocenters. The molecule has 2 aromatic rings.